The Morgan fingerprint density at radius 2 is 1.48 bits per heavy atom. The molecule has 1 unspecified atom stereocenters. The standard InChI is InChI=1S/C22H26O5SSi/c1-22(2,3)29(17-11-7-5-8-12-17,18-13-9-6-10-14-18)26-15-19(21(24)25-4)27-20(23)16-28/h5-14,16,19H,15H2,1-4H3. The SMILES string of the molecule is COC(=O)C(CO[Si](c1ccccc1)(c1ccccc1)C(C)(C)C)OC(=O)C=S. The number of carbonyl (C=O) groups excluding carboxylic acids is 2. The molecule has 0 N–H and O–H groups in total. The molecule has 0 aliphatic heterocycles. The number of hydrogen-bond donors (Lipinski definition) is 0. The second kappa shape index (κ2) is 9.91. The Morgan fingerprint density at radius 3 is 1.86 bits per heavy atom. The molecule has 2 aromatic carbocycles. The highest BCUT2D eigenvalue weighted by molar-refractivity contribution is 7.80. The quantitative estimate of drug-likeness (QED) is 0.365. The highest BCUT2D eigenvalue weighted by atomic mass is 32.1. The van der Waals surface area contributed by atoms with Crippen LogP contribution in [0, 0.1) is 0 Å². The van der Waals surface area contributed by atoms with Crippen molar-refractivity contribution in [3.05, 3.63) is 60.7 Å². The molecule has 154 valence electrons. The fraction of sp³-hybridized carbons (Fsp3) is 0.318. The van der Waals surface area contributed by atoms with Crippen LogP contribution in [0.2, 0.25) is 5.04 Å². The van der Waals surface area contributed by atoms with Gasteiger partial charge in [0.2, 0.25) is 6.10 Å². The first-order valence-corrected chi connectivity index (χ1v) is 11.6. The minimum Gasteiger partial charge on any atom is -0.466 e. The van der Waals surface area contributed by atoms with Gasteiger partial charge in [0.05, 0.1) is 19.1 Å². The Balaban J connectivity index is 2.54. The van der Waals surface area contributed by atoms with Gasteiger partial charge in [-0.3, -0.25) is 0 Å². The van der Waals surface area contributed by atoms with E-state index in [2.05, 4.69) is 33.0 Å². The lowest BCUT2D eigenvalue weighted by Gasteiger charge is -2.43. The van der Waals surface area contributed by atoms with Crippen molar-refractivity contribution >= 4 is 48.2 Å². The number of ether oxygens (including phenoxy) is 2. The van der Waals surface area contributed by atoms with E-state index < -0.39 is 26.4 Å². The molecule has 0 saturated heterocycles. The highest BCUT2D eigenvalue weighted by Crippen LogP contribution is 2.36. The Labute approximate surface area is 178 Å². The molecular weight excluding hydrogens is 404 g/mol. The van der Waals surface area contributed by atoms with Gasteiger partial charge < -0.3 is 13.9 Å². The smallest absolute Gasteiger partial charge is 0.349 e. The topological polar surface area (TPSA) is 61.8 Å². The first-order chi connectivity index (χ1) is 13.8. The predicted molar refractivity (Wildman–Crippen MR) is 119 cm³/mol. The first kappa shape index (κ1) is 22.9. The van der Waals surface area contributed by atoms with Crippen LogP contribution >= 0.6 is 12.2 Å². The third-order valence-electron chi connectivity index (χ3n) is 4.69. The number of benzene rings is 2. The summed E-state index contributed by atoms with van der Waals surface area (Å²) in [6.07, 6.45) is -1.20. The van der Waals surface area contributed by atoms with Crippen molar-refractivity contribution in [3.63, 3.8) is 0 Å². The average molecular weight is 431 g/mol. The lowest BCUT2D eigenvalue weighted by molar-refractivity contribution is -0.163. The van der Waals surface area contributed by atoms with Gasteiger partial charge >= 0.3 is 11.9 Å². The van der Waals surface area contributed by atoms with E-state index in [1.54, 1.807) is 0 Å². The van der Waals surface area contributed by atoms with E-state index in [-0.39, 0.29) is 11.6 Å². The number of hydrogen-bond acceptors (Lipinski definition) is 6. The average Bonchev–Trinajstić information content (AvgIpc) is 2.73. The zero-order valence-corrected chi connectivity index (χ0v) is 18.9. The van der Waals surface area contributed by atoms with Crippen molar-refractivity contribution < 1.29 is 23.5 Å². The molecule has 5 nitrogen and oxygen atoms in total. The van der Waals surface area contributed by atoms with E-state index >= 15 is 0 Å². The van der Waals surface area contributed by atoms with E-state index in [1.165, 1.54) is 7.11 Å². The fourth-order valence-electron chi connectivity index (χ4n) is 3.41. The van der Waals surface area contributed by atoms with Gasteiger partial charge in [-0.25, -0.2) is 9.59 Å². The third kappa shape index (κ3) is 5.17. The number of esters is 2. The molecule has 1 atom stereocenters. The Hall–Kier alpha value is -2.35. The van der Waals surface area contributed by atoms with E-state index in [0.29, 0.717) is 0 Å². The summed E-state index contributed by atoms with van der Waals surface area (Å²) in [6, 6.07) is 20.0. The van der Waals surface area contributed by atoms with Crippen molar-refractivity contribution in [2.75, 3.05) is 13.7 Å². The van der Waals surface area contributed by atoms with Crippen LogP contribution in [-0.4, -0.2) is 45.4 Å². The van der Waals surface area contributed by atoms with Crippen LogP contribution in [0.5, 0.6) is 0 Å². The summed E-state index contributed by atoms with van der Waals surface area (Å²) in [6.45, 7) is 6.23. The molecule has 0 saturated carbocycles. The summed E-state index contributed by atoms with van der Waals surface area (Å²) >= 11 is 4.60. The molecule has 7 heteroatoms. The largest absolute Gasteiger partial charge is 0.466 e. The van der Waals surface area contributed by atoms with E-state index in [1.807, 2.05) is 60.7 Å². The zero-order valence-electron chi connectivity index (χ0n) is 17.1. The Bertz CT molecular complexity index is 794. The molecule has 0 aliphatic carbocycles. The summed E-state index contributed by atoms with van der Waals surface area (Å²) in [4.78, 5) is 23.9. The molecule has 0 amide bonds. The van der Waals surface area contributed by atoms with Crippen molar-refractivity contribution in [3.8, 4) is 0 Å². The van der Waals surface area contributed by atoms with Gasteiger partial charge in [0.25, 0.3) is 8.32 Å². The monoisotopic (exact) mass is 430 g/mol. The minimum absolute atomic E-state index is 0.130. The first-order valence-electron chi connectivity index (χ1n) is 9.25. The minimum atomic E-state index is -2.87. The highest BCUT2D eigenvalue weighted by Gasteiger charge is 2.50. The van der Waals surface area contributed by atoms with E-state index in [0.717, 1.165) is 15.7 Å². The molecule has 0 spiro atoms. The lowest BCUT2D eigenvalue weighted by Crippen LogP contribution is -2.67. The predicted octanol–water partition coefficient (Wildman–Crippen LogP) is 2.65. The van der Waals surface area contributed by atoms with E-state index in [4.69, 9.17) is 13.9 Å². The molecule has 2 rings (SSSR count). The van der Waals surface area contributed by atoms with Gasteiger partial charge in [0, 0.05) is 0 Å². The molecular formula is C22H26O5SSi. The van der Waals surface area contributed by atoms with Crippen LogP contribution in [-0.2, 0) is 23.5 Å². The van der Waals surface area contributed by atoms with E-state index in [9.17, 15) is 9.59 Å². The number of carbonyl (C=O) groups is 2. The van der Waals surface area contributed by atoms with Crippen molar-refractivity contribution in [2.45, 2.75) is 31.9 Å². The molecule has 0 bridgehead atoms. The number of rotatable bonds is 8. The summed E-state index contributed by atoms with van der Waals surface area (Å²) < 4.78 is 16.6. The normalized spacial score (nSPS) is 12.7. The second-order valence-corrected chi connectivity index (χ2v) is 12.1. The summed E-state index contributed by atoms with van der Waals surface area (Å²) in [5.74, 6) is -1.46. The molecule has 0 radical (unpaired) electrons. The second-order valence-electron chi connectivity index (χ2n) is 7.54. The maximum Gasteiger partial charge on any atom is 0.349 e. The number of thiocarbonyl (C=S) groups is 1. The molecule has 0 aromatic heterocycles. The van der Waals surface area contributed by atoms with Gasteiger partial charge in [-0.15, -0.1) is 0 Å². The maximum absolute atomic E-state index is 12.2. The zero-order chi connectivity index (χ0) is 21.5. The van der Waals surface area contributed by atoms with Crippen molar-refractivity contribution in [2.24, 2.45) is 0 Å². The number of methoxy groups -OCH3 is 1. The molecule has 0 fully saturated rings. The van der Waals surface area contributed by atoms with Gasteiger partial charge in [0.15, 0.2) is 0 Å². The Kier molecular flexibility index (Phi) is 7.84. The van der Waals surface area contributed by atoms with Crippen LogP contribution in [0.1, 0.15) is 20.8 Å². The summed E-state index contributed by atoms with van der Waals surface area (Å²) in [5.41, 5.74) is 0. The van der Waals surface area contributed by atoms with Crippen molar-refractivity contribution in [1.82, 2.24) is 0 Å². The van der Waals surface area contributed by atoms with Gasteiger partial charge in [0.1, 0.15) is 0 Å². The van der Waals surface area contributed by atoms with Gasteiger partial charge in [-0.05, 0) is 15.4 Å². The van der Waals surface area contributed by atoms with Crippen LogP contribution in [0.3, 0.4) is 0 Å². The maximum atomic E-state index is 12.2. The summed E-state index contributed by atoms with van der Waals surface area (Å²) in [5, 5.41) is 2.69. The molecule has 0 aliphatic rings. The summed E-state index contributed by atoms with van der Waals surface area (Å²) in [7, 11) is -1.63. The Morgan fingerprint density at radius 1 is 1.00 bits per heavy atom. The fourth-order valence-corrected chi connectivity index (χ4v) is 8.02. The van der Waals surface area contributed by atoms with Gasteiger partial charge in [-0.1, -0.05) is 93.7 Å². The van der Waals surface area contributed by atoms with Crippen LogP contribution < -0.4 is 10.4 Å². The molecule has 0 heterocycles. The van der Waals surface area contributed by atoms with Crippen LogP contribution in [0.15, 0.2) is 60.7 Å². The molecule has 29 heavy (non-hydrogen) atoms. The lowest BCUT2D eigenvalue weighted by atomic mass is 10.2. The van der Waals surface area contributed by atoms with Crippen LogP contribution in [0.25, 0.3) is 0 Å². The van der Waals surface area contributed by atoms with Crippen molar-refractivity contribution in [1.29, 1.82) is 0 Å². The molecule has 2 aromatic rings. The third-order valence-corrected chi connectivity index (χ3v) is 9.88. The van der Waals surface area contributed by atoms with Gasteiger partial charge in [-0.2, -0.15) is 0 Å². The van der Waals surface area contributed by atoms with Crippen LogP contribution in [0.4, 0.5) is 0 Å².